The van der Waals surface area contributed by atoms with Crippen LogP contribution in [0.1, 0.15) is 5.56 Å². The summed E-state index contributed by atoms with van der Waals surface area (Å²) in [6, 6.07) is 13.6. The molecule has 0 saturated heterocycles. The first kappa shape index (κ1) is 13.2. The van der Waals surface area contributed by atoms with Crippen molar-refractivity contribution in [2.75, 3.05) is 12.4 Å². The highest BCUT2D eigenvalue weighted by atomic mass is 79.9. The van der Waals surface area contributed by atoms with Crippen LogP contribution in [0.25, 0.3) is 0 Å². The topological polar surface area (TPSA) is 21.3 Å². The van der Waals surface area contributed by atoms with Gasteiger partial charge in [-0.3, -0.25) is 0 Å². The molecule has 2 aromatic carbocycles. The Labute approximate surface area is 120 Å². The Bertz CT molecular complexity index is 545. The van der Waals surface area contributed by atoms with Gasteiger partial charge in [-0.1, -0.05) is 39.7 Å². The summed E-state index contributed by atoms with van der Waals surface area (Å²) in [5.41, 5.74) is 2.18. The number of hydrogen-bond donors (Lipinski definition) is 1. The Morgan fingerprint density at radius 2 is 2.06 bits per heavy atom. The molecule has 1 N–H and O–H groups in total. The zero-order chi connectivity index (χ0) is 13.0. The lowest BCUT2D eigenvalue weighted by Crippen LogP contribution is -2.00. The SMILES string of the molecule is COc1cccc(NCc2ccc(Cl)cc2Br)c1. The summed E-state index contributed by atoms with van der Waals surface area (Å²) in [5.74, 6) is 0.843. The van der Waals surface area contributed by atoms with Crippen molar-refractivity contribution in [3.05, 3.63) is 57.5 Å². The van der Waals surface area contributed by atoms with Gasteiger partial charge in [-0.05, 0) is 29.8 Å². The minimum absolute atomic E-state index is 0.727. The van der Waals surface area contributed by atoms with Gasteiger partial charge in [-0.2, -0.15) is 0 Å². The lowest BCUT2D eigenvalue weighted by atomic mass is 10.2. The normalized spacial score (nSPS) is 10.2. The summed E-state index contributed by atoms with van der Waals surface area (Å²) in [6.45, 7) is 0.727. The van der Waals surface area contributed by atoms with Gasteiger partial charge in [0.2, 0.25) is 0 Å². The Balaban J connectivity index is 2.06. The molecule has 0 aromatic heterocycles. The molecule has 18 heavy (non-hydrogen) atoms. The molecule has 2 rings (SSSR count). The van der Waals surface area contributed by atoms with E-state index in [0.29, 0.717) is 0 Å². The van der Waals surface area contributed by atoms with Crippen molar-refractivity contribution in [3.63, 3.8) is 0 Å². The highest BCUT2D eigenvalue weighted by Crippen LogP contribution is 2.23. The predicted molar refractivity (Wildman–Crippen MR) is 79.5 cm³/mol. The van der Waals surface area contributed by atoms with E-state index >= 15 is 0 Å². The first-order valence-electron chi connectivity index (χ1n) is 5.51. The summed E-state index contributed by atoms with van der Waals surface area (Å²) >= 11 is 9.41. The molecule has 0 aliphatic heterocycles. The lowest BCUT2D eigenvalue weighted by molar-refractivity contribution is 0.415. The van der Waals surface area contributed by atoms with Gasteiger partial charge >= 0.3 is 0 Å². The Kier molecular flexibility index (Phi) is 4.50. The molecule has 0 aliphatic rings. The smallest absolute Gasteiger partial charge is 0.120 e. The fourth-order valence-corrected chi connectivity index (χ4v) is 2.42. The van der Waals surface area contributed by atoms with E-state index in [9.17, 15) is 0 Å². The van der Waals surface area contributed by atoms with E-state index in [1.54, 1.807) is 7.11 Å². The van der Waals surface area contributed by atoms with E-state index in [-0.39, 0.29) is 0 Å². The van der Waals surface area contributed by atoms with Crippen LogP contribution in [0.4, 0.5) is 5.69 Å². The van der Waals surface area contributed by atoms with Crippen molar-refractivity contribution in [1.29, 1.82) is 0 Å². The van der Waals surface area contributed by atoms with Gasteiger partial charge in [0.25, 0.3) is 0 Å². The molecule has 2 nitrogen and oxygen atoms in total. The Morgan fingerprint density at radius 3 is 2.78 bits per heavy atom. The number of anilines is 1. The summed E-state index contributed by atoms with van der Waals surface area (Å²) < 4.78 is 6.18. The molecule has 0 aliphatic carbocycles. The van der Waals surface area contributed by atoms with Crippen LogP contribution in [0, 0.1) is 0 Å². The number of halogens is 2. The number of rotatable bonds is 4. The zero-order valence-electron chi connectivity index (χ0n) is 9.91. The van der Waals surface area contributed by atoms with Gasteiger partial charge < -0.3 is 10.1 Å². The van der Waals surface area contributed by atoms with Crippen LogP contribution in [-0.4, -0.2) is 7.11 Å². The number of hydrogen-bond acceptors (Lipinski definition) is 2. The predicted octanol–water partition coefficient (Wildman–Crippen LogP) is 4.72. The summed E-state index contributed by atoms with van der Waals surface area (Å²) in [4.78, 5) is 0. The van der Waals surface area contributed by atoms with Crippen molar-refractivity contribution >= 4 is 33.2 Å². The van der Waals surface area contributed by atoms with Crippen LogP contribution >= 0.6 is 27.5 Å². The molecule has 0 radical (unpaired) electrons. The number of methoxy groups -OCH3 is 1. The first-order chi connectivity index (χ1) is 8.69. The van der Waals surface area contributed by atoms with Crippen LogP contribution in [-0.2, 0) is 6.54 Å². The summed E-state index contributed by atoms with van der Waals surface area (Å²) in [7, 11) is 1.66. The fourth-order valence-electron chi connectivity index (χ4n) is 1.60. The maximum Gasteiger partial charge on any atom is 0.120 e. The third-order valence-electron chi connectivity index (χ3n) is 2.57. The Hall–Kier alpha value is -1.19. The maximum atomic E-state index is 5.91. The Morgan fingerprint density at radius 1 is 1.22 bits per heavy atom. The average molecular weight is 327 g/mol. The molecular weight excluding hydrogens is 314 g/mol. The standard InChI is InChI=1S/C14H13BrClNO/c1-18-13-4-2-3-12(8-13)17-9-10-5-6-11(16)7-14(10)15/h2-8,17H,9H2,1H3. The zero-order valence-corrected chi connectivity index (χ0v) is 12.3. The van der Waals surface area contributed by atoms with Crippen molar-refractivity contribution in [2.45, 2.75) is 6.54 Å². The van der Waals surface area contributed by atoms with Crippen LogP contribution in [0.15, 0.2) is 46.9 Å². The van der Waals surface area contributed by atoms with Gasteiger partial charge in [0.05, 0.1) is 7.11 Å². The second-order valence-electron chi connectivity index (χ2n) is 3.82. The molecule has 2 aromatic rings. The molecular formula is C14H13BrClNO. The molecule has 0 atom stereocenters. The number of ether oxygens (including phenoxy) is 1. The summed E-state index contributed by atoms with van der Waals surface area (Å²) in [6.07, 6.45) is 0. The molecule has 0 amide bonds. The van der Waals surface area contributed by atoms with E-state index in [1.165, 1.54) is 0 Å². The quantitative estimate of drug-likeness (QED) is 0.877. The van der Waals surface area contributed by atoms with E-state index in [0.717, 1.165) is 33.0 Å². The van der Waals surface area contributed by atoms with Crippen LogP contribution in [0.2, 0.25) is 5.02 Å². The van der Waals surface area contributed by atoms with Gasteiger partial charge in [0.1, 0.15) is 5.75 Å². The van der Waals surface area contributed by atoms with Crippen LogP contribution < -0.4 is 10.1 Å². The molecule has 4 heteroatoms. The fraction of sp³-hybridized carbons (Fsp3) is 0.143. The van der Waals surface area contributed by atoms with Crippen molar-refractivity contribution in [3.8, 4) is 5.75 Å². The largest absolute Gasteiger partial charge is 0.497 e. The highest BCUT2D eigenvalue weighted by molar-refractivity contribution is 9.10. The molecule has 0 spiro atoms. The van der Waals surface area contributed by atoms with Crippen molar-refractivity contribution < 1.29 is 4.74 Å². The monoisotopic (exact) mass is 325 g/mol. The van der Waals surface area contributed by atoms with Gasteiger partial charge in [-0.25, -0.2) is 0 Å². The van der Waals surface area contributed by atoms with Gasteiger partial charge in [-0.15, -0.1) is 0 Å². The van der Waals surface area contributed by atoms with E-state index in [2.05, 4.69) is 21.2 Å². The minimum atomic E-state index is 0.727. The average Bonchev–Trinajstić information content (AvgIpc) is 2.38. The first-order valence-corrected chi connectivity index (χ1v) is 6.68. The third-order valence-corrected chi connectivity index (χ3v) is 3.54. The number of nitrogens with one attached hydrogen (secondary N) is 1. The molecule has 0 unspecified atom stereocenters. The molecule has 0 saturated carbocycles. The van der Waals surface area contributed by atoms with Gasteiger partial charge in [0, 0.05) is 27.8 Å². The minimum Gasteiger partial charge on any atom is -0.497 e. The van der Waals surface area contributed by atoms with Crippen molar-refractivity contribution in [2.24, 2.45) is 0 Å². The van der Waals surface area contributed by atoms with Gasteiger partial charge in [0.15, 0.2) is 0 Å². The van der Waals surface area contributed by atoms with Crippen LogP contribution in [0.5, 0.6) is 5.75 Å². The molecule has 0 bridgehead atoms. The third kappa shape index (κ3) is 3.40. The molecule has 0 heterocycles. The van der Waals surface area contributed by atoms with E-state index in [1.807, 2.05) is 42.5 Å². The van der Waals surface area contributed by atoms with Crippen molar-refractivity contribution in [1.82, 2.24) is 0 Å². The highest BCUT2D eigenvalue weighted by Gasteiger charge is 2.01. The lowest BCUT2D eigenvalue weighted by Gasteiger charge is -2.09. The van der Waals surface area contributed by atoms with E-state index < -0.39 is 0 Å². The molecule has 0 fully saturated rings. The second kappa shape index (κ2) is 6.12. The molecule has 94 valence electrons. The van der Waals surface area contributed by atoms with E-state index in [4.69, 9.17) is 16.3 Å². The second-order valence-corrected chi connectivity index (χ2v) is 5.11. The maximum absolute atomic E-state index is 5.91. The number of benzene rings is 2. The van der Waals surface area contributed by atoms with Crippen LogP contribution in [0.3, 0.4) is 0 Å². The summed E-state index contributed by atoms with van der Waals surface area (Å²) in [5, 5.41) is 4.07.